The Morgan fingerprint density at radius 3 is 2.31 bits per heavy atom. The fourth-order valence-corrected chi connectivity index (χ4v) is 1.18. The van der Waals surface area contributed by atoms with Gasteiger partial charge in [-0.1, -0.05) is 0 Å². The molecule has 0 aromatic heterocycles. The van der Waals surface area contributed by atoms with Crippen molar-refractivity contribution in [2.75, 3.05) is 26.4 Å². The summed E-state index contributed by atoms with van der Waals surface area (Å²) in [6.07, 6.45) is 0.262. The summed E-state index contributed by atoms with van der Waals surface area (Å²) in [7, 11) is 0. The van der Waals surface area contributed by atoms with Crippen LogP contribution in [0.4, 0.5) is 0 Å². The van der Waals surface area contributed by atoms with E-state index in [1.165, 1.54) is 0 Å². The van der Waals surface area contributed by atoms with Crippen LogP contribution < -0.4 is 9.47 Å². The molecule has 1 atom stereocenters. The molecule has 1 aliphatic rings. The van der Waals surface area contributed by atoms with Crippen LogP contribution in [-0.2, 0) is 9.62 Å². The highest BCUT2D eigenvalue weighted by Crippen LogP contribution is 2.19. The second-order valence-electron chi connectivity index (χ2n) is 3.42. The van der Waals surface area contributed by atoms with Crippen molar-refractivity contribution in [3.05, 3.63) is 24.3 Å². The highest BCUT2D eigenvalue weighted by Gasteiger charge is 2.22. The molecule has 5 heteroatoms. The quantitative estimate of drug-likeness (QED) is 0.329. The number of benzene rings is 1. The van der Waals surface area contributed by atoms with Crippen LogP contribution in [0.2, 0.25) is 0 Å². The summed E-state index contributed by atoms with van der Waals surface area (Å²) >= 11 is 0. The number of hydrogen-bond acceptors (Lipinski definition) is 5. The Kier molecular flexibility index (Phi) is 3.98. The third kappa shape index (κ3) is 3.69. The van der Waals surface area contributed by atoms with Gasteiger partial charge in [-0.2, -0.15) is 0 Å². The van der Waals surface area contributed by atoms with Gasteiger partial charge in [0, 0.05) is 0 Å². The first kappa shape index (κ1) is 11.2. The van der Waals surface area contributed by atoms with E-state index >= 15 is 0 Å². The van der Waals surface area contributed by atoms with E-state index in [-0.39, 0.29) is 12.7 Å². The number of ether oxygens (including phenoxy) is 3. The molecule has 1 aromatic carbocycles. The first-order valence-electron chi connectivity index (χ1n) is 5.12. The Balaban J connectivity index is 1.74. The third-order valence-corrected chi connectivity index (χ3v) is 2.11. The minimum Gasteiger partial charge on any atom is -0.491 e. The van der Waals surface area contributed by atoms with E-state index in [0.29, 0.717) is 19.0 Å². The van der Waals surface area contributed by atoms with Gasteiger partial charge in [0.05, 0.1) is 6.61 Å². The van der Waals surface area contributed by atoms with Crippen LogP contribution in [-0.4, -0.2) is 37.8 Å². The topological polar surface area (TPSA) is 60.5 Å². The van der Waals surface area contributed by atoms with Crippen molar-refractivity contribution >= 4 is 0 Å². The molecule has 1 N–H and O–H groups in total. The SMILES string of the molecule is OOCCOc1ccc(OCC2CO2)cc1. The molecule has 1 fully saturated rings. The zero-order chi connectivity index (χ0) is 11.2. The summed E-state index contributed by atoms with van der Waals surface area (Å²) in [5.41, 5.74) is 0. The van der Waals surface area contributed by atoms with Crippen molar-refractivity contribution in [3.8, 4) is 11.5 Å². The van der Waals surface area contributed by atoms with Crippen LogP contribution in [0.1, 0.15) is 0 Å². The average molecular weight is 226 g/mol. The van der Waals surface area contributed by atoms with E-state index in [0.717, 1.165) is 12.4 Å². The molecule has 1 heterocycles. The molecule has 0 spiro atoms. The molecule has 0 amide bonds. The van der Waals surface area contributed by atoms with Gasteiger partial charge in [0.25, 0.3) is 0 Å². The normalized spacial score (nSPS) is 18.2. The maximum atomic E-state index is 8.10. The molecule has 0 aliphatic carbocycles. The highest BCUT2D eigenvalue weighted by molar-refractivity contribution is 5.31. The molecule has 0 radical (unpaired) electrons. The van der Waals surface area contributed by atoms with E-state index < -0.39 is 0 Å². The van der Waals surface area contributed by atoms with E-state index in [4.69, 9.17) is 19.5 Å². The molecular formula is C11H14O5. The molecule has 1 aliphatic heterocycles. The monoisotopic (exact) mass is 226 g/mol. The lowest BCUT2D eigenvalue weighted by Gasteiger charge is -2.07. The number of epoxide rings is 1. The smallest absolute Gasteiger partial charge is 0.119 e. The molecule has 88 valence electrons. The fourth-order valence-electron chi connectivity index (χ4n) is 1.18. The fraction of sp³-hybridized carbons (Fsp3) is 0.455. The standard InChI is InChI=1S/C11H14O5/c12-16-6-5-13-9-1-3-10(4-2-9)14-7-11-8-15-11/h1-4,11-12H,5-8H2. The van der Waals surface area contributed by atoms with Gasteiger partial charge in [0.1, 0.15) is 37.4 Å². The lowest BCUT2D eigenvalue weighted by atomic mass is 10.3. The summed E-state index contributed by atoms with van der Waals surface area (Å²) in [6, 6.07) is 7.27. The summed E-state index contributed by atoms with van der Waals surface area (Å²) in [5, 5.41) is 8.10. The van der Waals surface area contributed by atoms with Crippen LogP contribution >= 0.6 is 0 Å². The molecule has 1 unspecified atom stereocenters. The molecular weight excluding hydrogens is 212 g/mol. The van der Waals surface area contributed by atoms with Crippen LogP contribution in [0.15, 0.2) is 24.3 Å². The first-order valence-corrected chi connectivity index (χ1v) is 5.12. The summed E-state index contributed by atoms with van der Waals surface area (Å²) in [4.78, 5) is 3.90. The Morgan fingerprint density at radius 2 is 1.75 bits per heavy atom. The van der Waals surface area contributed by atoms with Crippen LogP contribution in [0.3, 0.4) is 0 Å². The molecule has 2 rings (SSSR count). The van der Waals surface area contributed by atoms with Crippen molar-refractivity contribution in [1.82, 2.24) is 0 Å². The van der Waals surface area contributed by atoms with Crippen LogP contribution in [0, 0.1) is 0 Å². The molecule has 0 saturated carbocycles. The van der Waals surface area contributed by atoms with E-state index in [9.17, 15) is 0 Å². The molecule has 5 nitrogen and oxygen atoms in total. The van der Waals surface area contributed by atoms with E-state index in [1.807, 2.05) is 12.1 Å². The van der Waals surface area contributed by atoms with Crippen LogP contribution in [0.5, 0.6) is 11.5 Å². The van der Waals surface area contributed by atoms with Gasteiger partial charge in [-0.25, -0.2) is 4.89 Å². The zero-order valence-electron chi connectivity index (χ0n) is 8.80. The third-order valence-electron chi connectivity index (χ3n) is 2.11. The molecule has 16 heavy (non-hydrogen) atoms. The van der Waals surface area contributed by atoms with Crippen molar-refractivity contribution in [2.45, 2.75) is 6.10 Å². The van der Waals surface area contributed by atoms with Crippen molar-refractivity contribution in [1.29, 1.82) is 0 Å². The van der Waals surface area contributed by atoms with E-state index in [2.05, 4.69) is 4.89 Å². The zero-order valence-corrected chi connectivity index (χ0v) is 8.80. The van der Waals surface area contributed by atoms with Gasteiger partial charge in [0.2, 0.25) is 0 Å². The summed E-state index contributed by atoms with van der Waals surface area (Å²) in [5.74, 6) is 1.51. The first-order chi connectivity index (χ1) is 7.88. The predicted octanol–water partition coefficient (Wildman–Crippen LogP) is 1.33. The van der Waals surface area contributed by atoms with Gasteiger partial charge >= 0.3 is 0 Å². The minimum atomic E-state index is 0.150. The second kappa shape index (κ2) is 5.69. The lowest BCUT2D eigenvalue weighted by molar-refractivity contribution is -0.245. The minimum absolute atomic E-state index is 0.150. The second-order valence-corrected chi connectivity index (χ2v) is 3.42. The Morgan fingerprint density at radius 1 is 1.12 bits per heavy atom. The molecule has 1 aromatic rings. The predicted molar refractivity (Wildman–Crippen MR) is 55.8 cm³/mol. The molecule has 1 saturated heterocycles. The van der Waals surface area contributed by atoms with Crippen molar-refractivity contribution in [2.24, 2.45) is 0 Å². The molecule has 0 bridgehead atoms. The van der Waals surface area contributed by atoms with Gasteiger partial charge in [-0.3, -0.25) is 5.26 Å². The summed E-state index contributed by atoms with van der Waals surface area (Å²) < 4.78 is 15.8. The van der Waals surface area contributed by atoms with Gasteiger partial charge < -0.3 is 14.2 Å². The Hall–Kier alpha value is -1.30. The van der Waals surface area contributed by atoms with Crippen LogP contribution in [0.25, 0.3) is 0 Å². The van der Waals surface area contributed by atoms with Gasteiger partial charge in [-0.05, 0) is 24.3 Å². The Bertz CT molecular complexity index is 307. The van der Waals surface area contributed by atoms with Gasteiger partial charge in [-0.15, -0.1) is 0 Å². The van der Waals surface area contributed by atoms with Gasteiger partial charge in [0.15, 0.2) is 0 Å². The Labute approximate surface area is 93.4 Å². The van der Waals surface area contributed by atoms with Crippen molar-refractivity contribution < 1.29 is 24.4 Å². The highest BCUT2D eigenvalue weighted by atomic mass is 17.1. The van der Waals surface area contributed by atoms with Crippen molar-refractivity contribution in [3.63, 3.8) is 0 Å². The largest absolute Gasteiger partial charge is 0.491 e. The number of rotatable bonds is 7. The lowest BCUT2D eigenvalue weighted by Crippen LogP contribution is -2.05. The maximum absolute atomic E-state index is 8.10. The summed E-state index contributed by atoms with van der Waals surface area (Å²) in [6.45, 7) is 1.85. The maximum Gasteiger partial charge on any atom is 0.119 e. The average Bonchev–Trinajstić information content (AvgIpc) is 3.12. The van der Waals surface area contributed by atoms with E-state index in [1.54, 1.807) is 12.1 Å². The number of hydrogen-bond donors (Lipinski definition) is 1.